The maximum absolute atomic E-state index is 12.6. The fourth-order valence-electron chi connectivity index (χ4n) is 2.36. The van der Waals surface area contributed by atoms with Gasteiger partial charge in [0.2, 0.25) is 0 Å². The molecule has 2 unspecified atom stereocenters. The summed E-state index contributed by atoms with van der Waals surface area (Å²) < 4.78 is 10.9. The van der Waals surface area contributed by atoms with Gasteiger partial charge >= 0.3 is 5.97 Å². The molecule has 0 aliphatic carbocycles. The van der Waals surface area contributed by atoms with E-state index >= 15 is 0 Å². The third-order valence-electron chi connectivity index (χ3n) is 3.47. The molecule has 1 aliphatic rings. The molecular weight excluding hydrogens is 345 g/mol. The van der Waals surface area contributed by atoms with Crippen molar-refractivity contribution in [1.82, 2.24) is 4.90 Å². The monoisotopic (exact) mass is 361 g/mol. The van der Waals surface area contributed by atoms with Crippen LogP contribution in [0.25, 0.3) is 0 Å². The first kappa shape index (κ1) is 17.8. The Labute approximate surface area is 143 Å². The standard InChI is InChI=1S/C15H17Cl2NO5/c1-9(23-13-3-2-10(16)6-12(13)17)15(21)18-4-5-22-8-11(18)7-14(19)20/h2-3,6,9,11H,4-5,7-8H2,1H3,(H,19,20). The molecule has 1 saturated heterocycles. The highest BCUT2D eigenvalue weighted by atomic mass is 35.5. The highest BCUT2D eigenvalue weighted by Gasteiger charge is 2.32. The summed E-state index contributed by atoms with van der Waals surface area (Å²) in [7, 11) is 0. The van der Waals surface area contributed by atoms with E-state index in [2.05, 4.69) is 0 Å². The first-order valence-corrected chi connectivity index (χ1v) is 7.86. The summed E-state index contributed by atoms with van der Waals surface area (Å²) in [4.78, 5) is 25.0. The van der Waals surface area contributed by atoms with Crippen molar-refractivity contribution in [3.05, 3.63) is 28.2 Å². The zero-order valence-corrected chi connectivity index (χ0v) is 14.0. The number of carboxylic acid groups (broad SMARTS) is 1. The van der Waals surface area contributed by atoms with Crippen molar-refractivity contribution in [1.29, 1.82) is 0 Å². The Balaban J connectivity index is 2.06. The second kappa shape index (κ2) is 7.86. The molecular formula is C15H17Cl2NO5. The third kappa shape index (κ3) is 4.73. The lowest BCUT2D eigenvalue weighted by atomic mass is 10.1. The van der Waals surface area contributed by atoms with Crippen LogP contribution < -0.4 is 4.74 Å². The molecule has 2 atom stereocenters. The average Bonchev–Trinajstić information content (AvgIpc) is 2.49. The van der Waals surface area contributed by atoms with E-state index < -0.39 is 18.1 Å². The van der Waals surface area contributed by atoms with E-state index in [9.17, 15) is 9.59 Å². The van der Waals surface area contributed by atoms with Gasteiger partial charge in [-0.1, -0.05) is 23.2 Å². The number of ether oxygens (including phenoxy) is 2. The number of halogens is 2. The molecule has 8 heteroatoms. The van der Waals surface area contributed by atoms with E-state index in [1.54, 1.807) is 19.1 Å². The van der Waals surface area contributed by atoms with Crippen LogP contribution in [0.3, 0.4) is 0 Å². The molecule has 1 aromatic rings. The molecule has 126 valence electrons. The van der Waals surface area contributed by atoms with Crippen molar-refractivity contribution < 1.29 is 24.2 Å². The van der Waals surface area contributed by atoms with Crippen molar-refractivity contribution in [2.75, 3.05) is 19.8 Å². The van der Waals surface area contributed by atoms with Crippen molar-refractivity contribution in [2.45, 2.75) is 25.5 Å². The van der Waals surface area contributed by atoms with Gasteiger partial charge < -0.3 is 19.5 Å². The van der Waals surface area contributed by atoms with Crippen LogP contribution in [-0.2, 0) is 14.3 Å². The van der Waals surface area contributed by atoms with Gasteiger partial charge in [-0.05, 0) is 25.1 Å². The van der Waals surface area contributed by atoms with Gasteiger partial charge in [0.15, 0.2) is 6.10 Å². The van der Waals surface area contributed by atoms with E-state index in [0.29, 0.717) is 28.9 Å². The van der Waals surface area contributed by atoms with Crippen molar-refractivity contribution in [2.24, 2.45) is 0 Å². The van der Waals surface area contributed by atoms with Crippen LogP contribution in [0.1, 0.15) is 13.3 Å². The first-order chi connectivity index (χ1) is 10.9. The van der Waals surface area contributed by atoms with Gasteiger partial charge in [0.1, 0.15) is 5.75 Å². The number of nitrogens with zero attached hydrogens (tertiary/aromatic N) is 1. The lowest BCUT2D eigenvalue weighted by Crippen LogP contribution is -2.53. The minimum Gasteiger partial charge on any atom is -0.481 e. The minimum absolute atomic E-state index is 0.167. The number of hydrogen-bond donors (Lipinski definition) is 1. The zero-order chi connectivity index (χ0) is 17.0. The predicted molar refractivity (Wildman–Crippen MR) is 85.1 cm³/mol. The van der Waals surface area contributed by atoms with Gasteiger partial charge in [0, 0.05) is 11.6 Å². The van der Waals surface area contributed by atoms with E-state index in [0.717, 1.165) is 0 Å². The predicted octanol–water partition coefficient (Wildman–Crippen LogP) is 2.46. The molecule has 2 rings (SSSR count). The van der Waals surface area contributed by atoms with Gasteiger partial charge in [-0.3, -0.25) is 9.59 Å². The highest BCUT2D eigenvalue weighted by molar-refractivity contribution is 6.35. The van der Waals surface area contributed by atoms with Gasteiger partial charge in [0.05, 0.1) is 30.7 Å². The Morgan fingerprint density at radius 1 is 1.48 bits per heavy atom. The zero-order valence-electron chi connectivity index (χ0n) is 12.5. The third-order valence-corrected chi connectivity index (χ3v) is 4.00. The van der Waals surface area contributed by atoms with Crippen molar-refractivity contribution in [3.8, 4) is 5.75 Å². The molecule has 1 aliphatic heterocycles. The topological polar surface area (TPSA) is 76.1 Å². The molecule has 1 aromatic carbocycles. The number of morpholine rings is 1. The number of aliphatic carboxylic acids is 1. The van der Waals surface area contributed by atoms with Gasteiger partial charge in [0.25, 0.3) is 5.91 Å². The van der Waals surface area contributed by atoms with E-state index in [-0.39, 0.29) is 18.9 Å². The second-order valence-corrected chi connectivity index (χ2v) is 6.04. The molecule has 0 aromatic heterocycles. The van der Waals surface area contributed by atoms with Crippen molar-refractivity contribution >= 4 is 35.1 Å². The van der Waals surface area contributed by atoms with Crippen LogP contribution in [0.15, 0.2) is 18.2 Å². The number of amides is 1. The quantitative estimate of drug-likeness (QED) is 0.871. The Hall–Kier alpha value is -1.50. The fraction of sp³-hybridized carbons (Fsp3) is 0.467. The number of carbonyl (C=O) groups is 2. The summed E-state index contributed by atoms with van der Waals surface area (Å²) in [5, 5.41) is 9.72. The van der Waals surface area contributed by atoms with Crippen LogP contribution in [0.2, 0.25) is 10.0 Å². The fourth-order valence-corrected chi connectivity index (χ4v) is 2.81. The van der Waals surface area contributed by atoms with Crippen LogP contribution in [0.4, 0.5) is 0 Å². The molecule has 23 heavy (non-hydrogen) atoms. The molecule has 6 nitrogen and oxygen atoms in total. The van der Waals surface area contributed by atoms with Gasteiger partial charge in [-0.15, -0.1) is 0 Å². The van der Waals surface area contributed by atoms with Gasteiger partial charge in [-0.2, -0.15) is 0 Å². The van der Waals surface area contributed by atoms with Crippen LogP contribution in [0, 0.1) is 0 Å². The molecule has 0 saturated carbocycles. The van der Waals surface area contributed by atoms with Crippen LogP contribution in [0.5, 0.6) is 5.75 Å². The second-order valence-electron chi connectivity index (χ2n) is 5.19. The summed E-state index contributed by atoms with van der Waals surface area (Å²) >= 11 is 11.9. The minimum atomic E-state index is -0.979. The van der Waals surface area contributed by atoms with Crippen LogP contribution >= 0.6 is 23.2 Å². The van der Waals surface area contributed by atoms with Gasteiger partial charge in [-0.25, -0.2) is 0 Å². The van der Waals surface area contributed by atoms with E-state index in [1.807, 2.05) is 0 Å². The summed E-state index contributed by atoms with van der Waals surface area (Å²) in [5.74, 6) is -0.932. The molecule has 1 N–H and O–H groups in total. The SMILES string of the molecule is CC(Oc1ccc(Cl)cc1Cl)C(=O)N1CCOCC1CC(=O)O. The largest absolute Gasteiger partial charge is 0.481 e. The average molecular weight is 362 g/mol. The maximum Gasteiger partial charge on any atom is 0.305 e. The summed E-state index contributed by atoms with van der Waals surface area (Å²) in [6.45, 7) is 2.50. The van der Waals surface area contributed by atoms with Crippen LogP contribution in [-0.4, -0.2) is 53.8 Å². The Bertz CT molecular complexity index is 595. The summed E-state index contributed by atoms with van der Waals surface area (Å²) in [6, 6.07) is 4.22. The molecule has 1 fully saturated rings. The molecule has 1 amide bonds. The van der Waals surface area contributed by atoms with E-state index in [1.165, 1.54) is 11.0 Å². The Morgan fingerprint density at radius 3 is 2.87 bits per heavy atom. The normalized spacial score (nSPS) is 19.3. The molecule has 0 spiro atoms. The van der Waals surface area contributed by atoms with Crippen molar-refractivity contribution in [3.63, 3.8) is 0 Å². The van der Waals surface area contributed by atoms with E-state index in [4.69, 9.17) is 37.8 Å². The number of benzene rings is 1. The summed E-state index contributed by atoms with van der Waals surface area (Å²) in [5.41, 5.74) is 0. The first-order valence-electron chi connectivity index (χ1n) is 7.10. The number of hydrogen-bond acceptors (Lipinski definition) is 4. The molecule has 1 heterocycles. The lowest BCUT2D eigenvalue weighted by Gasteiger charge is -2.36. The molecule has 0 radical (unpaired) electrons. The Kier molecular flexibility index (Phi) is 6.10. The smallest absolute Gasteiger partial charge is 0.305 e. The lowest BCUT2D eigenvalue weighted by molar-refractivity contribution is -0.150. The highest BCUT2D eigenvalue weighted by Crippen LogP contribution is 2.28. The Morgan fingerprint density at radius 2 is 2.22 bits per heavy atom. The number of rotatable bonds is 5. The molecule has 0 bridgehead atoms. The number of carbonyl (C=O) groups excluding carboxylic acids is 1. The summed E-state index contributed by atoms with van der Waals surface area (Å²) in [6.07, 6.45) is -0.969. The maximum atomic E-state index is 12.6. The number of carboxylic acids is 1.